The van der Waals surface area contributed by atoms with Gasteiger partial charge in [-0.25, -0.2) is 0 Å². The Hall–Kier alpha value is -4.43. The summed E-state index contributed by atoms with van der Waals surface area (Å²) in [5, 5.41) is 9.25. The molecule has 14 heteroatoms. The number of piperidine rings is 2. The molecule has 8 rings (SSSR count). The molecular weight excluding hydrogens is 675 g/mol. The number of carbonyl (C=O) groups is 1. The second kappa shape index (κ2) is 13.2. The number of likely N-dealkylation sites (tertiary alicyclic amines) is 2. The lowest BCUT2D eigenvalue weighted by atomic mass is 9.72. The molecule has 0 saturated carbocycles. The summed E-state index contributed by atoms with van der Waals surface area (Å²) in [6, 6.07) is 6.02. The molecule has 2 aromatic heterocycles. The van der Waals surface area contributed by atoms with Crippen molar-refractivity contribution in [2.24, 2.45) is 5.41 Å². The van der Waals surface area contributed by atoms with E-state index in [0.717, 1.165) is 78.6 Å². The monoisotopic (exact) mass is 719 g/mol. The number of carbonyl (C=O) groups excluding carboxylic acids is 1. The summed E-state index contributed by atoms with van der Waals surface area (Å²) >= 11 is 0. The number of aryl methyl sites for hydroxylation is 1. The highest BCUT2D eigenvalue weighted by molar-refractivity contribution is 6.08. The molecule has 1 aliphatic carbocycles. The van der Waals surface area contributed by atoms with Crippen molar-refractivity contribution >= 4 is 33.5 Å². The summed E-state index contributed by atoms with van der Waals surface area (Å²) in [6.07, 6.45) is -0.173. The number of benzene rings is 2. The van der Waals surface area contributed by atoms with E-state index in [1.54, 1.807) is 7.11 Å². The number of ether oxygens (including phenoxy) is 3. The van der Waals surface area contributed by atoms with E-state index in [1.165, 1.54) is 6.08 Å². The number of H-pyrrole nitrogens is 1. The maximum Gasteiger partial charge on any atom is 0.422 e. The van der Waals surface area contributed by atoms with Crippen molar-refractivity contribution in [3.05, 3.63) is 47.7 Å². The Morgan fingerprint density at radius 2 is 1.87 bits per heavy atom. The zero-order valence-electron chi connectivity index (χ0n) is 29.8. The molecular formula is C38H44F3N7O4. The molecule has 0 bridgehead atoms. The maximum absolute atomic E-state index is 14.0. The minimum atomic E-state index is -4.58. The highest BCUT2D eigenvalue weighted by atomic mass is 19.4. The van der Waals surface area contributed by atoms with E-state index in [9.17, 15) is 18.0 Å². The fourth-order valence-corrected chi connectivity index (χ4v) is 8.62. The Bertz CT molecular complexity index is 2020. The van der Waals surface area contributed by atoms with Crippen LogP contribution >= 0.6 is 0 Å². The molecule has 2 aromatic carbocycles. The molecule has 1 N–H and O–H groups in total. The first-order valence-corrected chi connectivity index (χ1v) is 18.1. The molecule has 1 spiro atoms. The lowest BCUT2D eigenvalue weighted by Gasteiger charge is -2.54. The van der Waals surface area contributed by atoms with Crippen molar-refractivity contribution in [3.8, 4) is 22.9 Å². The van der Waals surface area contributed by atoms with Crippen molar-refractivity contribution in [2.75, 3.05) is 71.0 Å². The smallest absolute Gasteiger partial charge is 0.422 e. The van der Waals surface area contributed by atoms with E-state index in [2.05, 4.69) is 26.6 Å². The molecule has 5 heterocycles. The number of halogens is 3. The van der Waals surface area contributed by atoms with Gasteiger partial charge in [-0.15, -0.1) is 0 Å². The van der Waals surface area contributed by atoms with E-state index in [0.29, 0.717) is 55.1 Å². The Morgan fingerprint density at radius 3 is 2.56 bits per heavy atom. The number of amides is 1. The van der Waals surface area contributed by atoms with Crippen molar-refractivity contribution in [2.45, 2.75) is 57.7 Å². The zero-order chi connectivity index (χ0) is 36.4. The second-order valence-corrected chi connectivity index (χ2v) is 14.8. The topological polar surface area (TPSA) is 109 Å². The number of rotatable bonds is 9. The van der Waals surface area contributed by atoms with Crippen LogP contribution in [0.2, 0.25) is 0 Å². The fourth-order valence-electron chi connectivity index (χ4n) is 8.62. The third kappa shape index (κ3) is 6.13. The van der Waals surface area contributed by atoms with Crippen LogP contribution in [0.5, 0.6) is 11.8 Å². The molecule has 1 atom stereocenters. The standard InChI is InChI=1S/C38H44F3N7O4/c1-5-28(49)48-19-37(20-48)10-14-47(15-11-37)35-26-18-25-23(3)32-31-27(44-45-32)7-6-22(2)29(31)30(25)34(51-21-38(39,40)41)33(26)42-36(43-35)52-24-8-12-46(13-9-24)16-17-50-4/h5-7,18,23-24H,1,8-17,19-21H2,2-4H3,(H,44,45). The summed E-state index contributed by atoms with van der Waals surface area (Å²) in [5.74, 6) is 0.417. The van der Waals surface area contributed by atoms with Crippen LogP contribution in [0, 0.1) is 12.3 Å². The van der Waals surface area contributed by atoms with Gasteiger partial charge in [-0.2, -0.15) is 28.2 Å². The van der Waals surface area contributed by atoms with Crippen molar-refractivity contribution < 1.29 is 32.2 Å². The van der Waals surface area contributed by atoms with Gasteiger partial charge in [-0.1, -0.05) is 19.6 Å². The average Bonchev–Trinajstić information content (AvgIpc) is 3.55. The lowest BCUT2D eigenvalue weighted by Crippen LogP contribution is -2.61. The van der Waals surface area contributed by atoms with Gasteiger partial charge >= 0.3 is 12.2 Å². The molecule has 4 aliphatic rings. The normalized spacial score (nSPS) is 20.3. The molecule has 1 amide bonds. The quantitative estimate of drug-likeness (QED) is 0.209. The third-order valence-electron chi connectivity index (χ3n) is 11.5. The summed E-state index contributed by atoms with van der Waals surface area (Å²) in [4.78, 5) is 28.5. The van der Waals surface area contributed by atoms with Crippen LogP contribution in [-0.2, 0) is 9.53 Å². The molecule has 0 radical (unpaired) electrons. The number of anilines is 1. The average molecular weight is 720 g/mol. The number of nitrogens with zero attached hydrogens (tertiary/aromatic N) is 6. The van der Waals surface area contributed by atoms with Gasteiger partial charge < -0.3 is 28.9 Å². The van der Waals surface area contributed by atoms with Crippen molar-refractivity contribution in [1.82, 2.24) is 30.0 Å². The highest BCUT2D eigenvalue weighted by Gasteiger charge is 2.47. The molecule has 3 saturated heterocycles. The Labute approximate surface area is 300 Å². The zero-order valence-corrected chi connectivity index (χ0v) is 29.8. The van der Waals surface area contributed by atoms with E-state index in [-0.39, 0.29) is 35.1 Å². The summed E-state index contributed by atoms with van der Waals surface area (Å²) < 4.78 is 59.6. The highest BCUT2D eigenvalue weighted by Crippen LogP contribution is 2.53. The first kappa shape index (κ1) is 34.6. The van der Waals surface area contributed by atoms with Gasteiger partial charge in [0, 0.05) is 80.6 Å². The van der Waals surface area contributed by atoms with Crippen LogP contribution in [0.15, 0.2) is 30.9 Å². The summed E-state index contributed by atoms with van der Waals surface area (Å²) in [5.41, 5.74) is 5.08. The van der Waals surface area contributed by atoms with Gasteiger partial charge in [0.1, 0.15) is 17.4 Å². The van der Waals surface area contributed by atoms with Gasteiger partial charge in [-0.05, 0) is 67.5 Å². The van der Waals surface area contributed by atoms with Crippen molar-refractivity contribution in [1.29, 1.82) is 0 Å². The number of hydrogen-bond acceptors (Lipinski definition) is 9. The van der Waals surface area contributed by atoms with Crippen LogP contribution < -0.4 is 14.4 Å². The number of nitrogens with one attached hydrogen (secondary N) is 1. The van der Waals surface area contributed by atoms with Crippen LogP contribution in [-0.4, -0.2) is 114 Å². The number of methoxy groups -OCH3 is 1. The van der Waals surface area contributed by atoms with Gasteiger partial charge in [-0.3, -0.25) is 9.89 Å². The third-order valence-corrected chi connectivity index (χ3v) is 11.5. The SMILES string of the molecule is C=CC(=O)N1CC2(CCN(c3nc(OC4CCN(CCOC)CC4)nc4c(OCC(F)(F)F)c5c(cc34)C(C)c3[nH]nc4ccc(C)c-5c34)CC2)C1. The minimum Gasteiger partial charge on any atom is -0.481 e. The second-order valence-electron chi connectivity index (χ2n) is 14.8. The van der Waals surface area contributed by atoms with Crippen LogP contribution in [0.4, 0.5) is 19.0 Å². The largest absolute Gasteiger partial charge is 0.481 e. The molecule has 1 unspecified atom stereocenters. The van der Waals surface area contributed by atoms with E-state index in [4.69, 9.17) is 24.2 Å². The van der Waals surface area contributed by atoms with Gasteiger partial charge in [0.2, 0.25) is 5.91 Å². The van der Waals surface area contributed by atoms with Crippen LogP contribution in [0.1, 0.15) is 55.3 Å². The molecule has 276 valence electrons. The summed E-state index contributed by atoms with van der Waals surface area (Å²) in [7, 11) is 1.69. The molecule has 52 heavy (non-hydrogen) atoms. The van der Waals surface area contributed by atoms with E-state index < -0.39 is 12.8 Å². The number of aromatic nitrogens is 4. The number of fused-ring (bicyclic) bond motifs is 3. The fraction of sp³-hybridized carbons (Fsp3) is 0.526. The first-order valence-electron chi connectivity index (χ1n) is 18.1. The van der Waals surface area contributed by atoms with Crippen LogP contribution in [0.25, 0.3) is 32.9 Å². The van der Waals surface area contributed by atoms with E-state index >= 15 is 0 Å². The molecule has 11 nitrogen and oxygen atoms in total. The van der Waals surface area contributed by atoms with Crippen LogP contribution in [0.3, 0.4) is 0 Å². The predicted molar refractivity (Wildman–Crippen MR) is 191 cm³/mol. The number of hydrogen-bond donors (Lipinski definition) is 1. The first-order chi connectivity index (χ1) is 25.0. The number of aromatic amines is 1. The Morgan fingerprint density at radius 1 is 1.12 bits per heavy atom. The van der Waals surface area contributed by atoms with Crippen molar-refractivity contribution in [3.63, 3.8) is 0 Å². The lowest BCUT2D eigenvalue weighted by molar-refractivity contribution is -0.153. The van der Waals surface area contributed by atoms with Gasteiger partial charge in [0.25, 0.3) is 0 Å². The molecule has 4 aromatic rings. The number of alkyl halides is 3. The van der Waals surface area contributed by atoms with Gasteiger partial charge in [0.15, 0.2) is 12.4 Å². The maximum atomic E-state index is 14.0. The molecule has 3 aliphatic heterocycles. The summed E-state index contributed by atoms with van der Waals surface area (Å²) in [6.45, 7) is 12.0. The van der Waals surface area contributed by atoms with E-state index in [1.807, 2.05) is 36.9 Å². The molecule has 3 fully saturated rings. The van der Waals surface area contributed by atoms with Gasteiger partial charge in [0.05, 0.1) is 17.8 Å². The Kier molecular flexibility index (Phi) is 8.80. The Balaban J connectivity index is 1.24. The minimum absolute atomic E-state index is 0.0238. The predicted octanol–water partition coefficient (Wildman–Crippen LogP) is 5.99.